The molecule has 0 radical (unpaired) electrons. The van der Waals surface area contributed by atoms with Gasteiger partial charge in [-0.25, -0.2) is 9.97 Å². The van der Waals surface area contributed by atoms with Crippen molar-refractivity contribution >= 4 is 22.2 Å². The Kier molecular flexibility index (Phi) is 4.57. The summed E-state index contributed by atoms with van der Waals surface area (Å²) in [6.45, 7) is 5.08. The molecule has 0 fully saturated rings. The van der Waals surface area contributed by atoms with E-state index in [4.69, 9.17) is 4.74 Å². The molecule has 1 N–H and O–H groups in total. The number of aromatic nitrogens is 4. The van der Waals surface area contributed by atoms with Crippen molar-refractivity contribution in [2.75, 3.05) is 12.4 Å². The smallest absolute Gasteiger partial charge is 0.213 e. The number of nitrogens with one attached hydrogen (secondary N) is 1. The van der Waals surface area contributed by atoms with E-state index in [1.165, 1.54) is 0 Å². The van der Waals surface area contributed by atoms with Crippen LogP contribution >= 0.6 is 11.3 Å². The summed E-state index contributed by atoms with van der Waals surface area (Å²) >= 11 is 1.56. The average molecular weight is 329 g/mol. The highest BCUT2D eigenvalue weighted by molar-refractivity contribution is 7.14. The highest BCUT2D eigenvalue weighted by atomic mass is 32.1. The molecule has 3 rings (SSSR count). The molecule has 23 heavy (non-hydrogen) atoms. The molecule has 0 aromatic carbocycles. The normalized spacial score (nSPS) is 10.7. The first-order valence-electron chi connectivity index (χ1n) is 7.46. The van der Waals surface area contributed by atoms with E-state index >= 15 is 0 Å². The van der Waals surface area contributed by atoms with Crippen molar-refractivity contribution in [1.29, 1.82) is 0 Å². The highest BCUT2D eigenvalue weighted by Gasteiger charge is 2.11. The van der Waals surface area contributed by atoms with Gasteiger partial charge >= 0.3 is 0 Å². The van der Waals surface area contributed by atoms with Crippen LogP contribution in [-0.4, -0.2) is 26.9 Å². The third-order valence-electron chi connectivity index (χ3n) is 3.38. The van der Waals surface area contributed by atoms with Crippen LogP contribution in [0.3, 0.4) is 0 Å². The van der Waals surface area contributed by atoms with E-state index in [1.54, 1.807) is 24.6 Å². The van der Waals surface area contributed by atoms with Crippen LogP contribution in [-0.2, 0) is 6.54 Å². The lowest BCUT2D eigenvalue weighted by atomic mass is 10.2. The predicted octanol–water partition coefficient (Wildman–Crippen LogP) is 3.87. The molecular formula is C16H19N5OS. The highest BCUT2D eigenvalue weighted by Crippen LogP contribution is 2.28. The van der Waals surface area contributed by atoms with Gasteiger partial charge in [0.2, 0.25) is 5.88 Å². The number of pyridine rings is 1. The van der Waals surface area contributed by atoms with Gasteiger partial charge in [-0.1, -0.05) is 6.92 Å². The van der Waals surface area contributed by atoms with E-state index in [9.17, 15) is 0 Å². The molecule has 3 aromatic heterocycles. The molecule has 0 aliphatic heterocycles. The van der Waals surface area contributed by atoms with Crippen LogP contribution in [0.4, 0.5) is 10.8 Å². The molecule has 0 atom stereocenters. The number of thiazole rings is 1. The van der Waals surface area contributed by atoms with Crippen molar-refractivity contribution in [3.63, 3.8) is 0 Å². The summed E-state index contributed by atoms with van der Waals surface area (Å²) in [5, 5.41) is 10.7. The molecule has 120 valence electrons. The number of anilines is 2. The van der Waals surface area contributed by atoms with Crippen molar-refractivity contribution in [2.24, 2.45) is 0 Å². The van der Waals surface area contributed by atoms with E-state index in [0.29, 0.717) is 5.88 Å². The minimum Gasteiger partial charge on any atom is -0.481 e. The Bertz CT molecular complexity index is 778. The molecular weight excluding hydrogens is 310 g/mol. The van der Waals surface area contributed by atoms with Gasteiger partial charge in [-0.05, 0) is 19.4 Å². The zero-order valence-electron chi connectivity index (χ0n) is 13.4. The molecule has 6 nitrogen and oxygen atoms in total. The Balaban J connectivity index is 1.77. The monoisotopic (exact) mass is 329 g/mol. The van der Waals surface area contributed by atoms with Crippen LogP contribution in [0.2, 0.25) is 0 Å². The maximum atomic E-state index is 5.06. The van der Waals surface area contributed by atoms with Crippen LogP contribution < -0.4 is 10.1 Å². The van der Waals surface area contributed by atoms with Crippen LogP contribution in [0.1, 0.15) is 19.0 Å². The summed E-state index contributed by atoms with van der Waals surface area (Å²) < 4.78 is 7.03. The molecule has 0 aliphatic carbocycles. The van der Waals surface area contributed by atoms with Crippen LogP contribution in [0.5, 0.6) is 5.88 Å². The Hall–Kier alpha value is -2.41. The fourth-order valence-electron chi connectivity index (χ4n) is 2.27. The molecule has 0 spiro atoms. The molecule has 0 bridgehead atoms. The quantitative estimate of drug-likeness (QED) is 0.743. The van der Waals surface area contributed by atoms with Gasteiger partial charge in [0.1, 0.15) is 0 Å². The lowest BCUT2D eigenvalue weighted by Crippen LogP contribution is -1.96. The van der Waals surface area contributed by atoms with Gasteiger partial charge in [0, 0.05) is 29.8 Å². The van der Waals surface area contributed by atoms with E-state index in [0.717, 1.165) is 40.7 Å². The zero-order chi connectivity index (χ0) is 16.2. The predicted molar refractivity (Wildman–Crippen MR) is 92.4 cm³/mol. The van der Waals surface area contributed by atoms with Crippen molar-refractivity contribution in [1.82, 2.24) is 19.7 Å². The number of hydrogen-bond donors (Lipinski definition) is 1. The van der Waals surface area contributed by atoms with Gasteiger partial charge in [-0.2, -0.15) is 5.10 Å². The second kappa shape index (κ2) is 6.78. The molecule has 0 amide bonds. The summed E-state index contributed by atoms with van der Waals surface area (Å²) in [5.41, 5.74) is 3.90. The summed E-state index contributed by atoms with van der Waals surface area (Å²) in [6, 6.07) is 3.73. The third kappa shape index (κ3) is 3.50. The molecule has 0 aliphatic rings. The van der Waals surface area contributed by atoms with Gasteiger partial charge in [-0.3, -0.25) is 4.68 Å². The first-order chi connectivity index (χ1) is 11.2. The minimum atomic E-state index is 0.592. The van der Waals surface area contributed by atoms with Gasteiger partial charge in [0.15, 0.2) is 5.13 Å². The number of methoxy groups -OCH3 is 1. The van der Waals surface area contributed by atoms with Gasteiger partial charge in [-0.15, -0.1) is 11.3 Å². The van der Waals surface area contributed by atoms with E-state index in [-0.39, 0.29) is 0 Å². The van der Waals surface area contributed by atoms with Crippen molar-refractivity contribution in [2.45, 2.75) is 26.8 Å². The van der Waals surface area contributed by atoms with E-state index in [2.05, 4.69) is 33.5 Å². The van der Waals surface area contributed by atoms with Crippen LogP contribution in [0, 0.1) is 6.92 Å². The summed E-state index contributed by atoms with van der Waals surface area (Å²) in [5.74, 6) is 0.592. The van der Waals surface area contributed by atoms with Crippen LogP contribution in [0.15, 0.2) is 29.9 Å². The Morgan fingerprint density at radius 2 is 2.22 bits per heavy atom. The van der Waals surface area contributed by atoms with E-state index in [1.807, 2.05) is 29.1 Å². The fourth-order valence-corrected chi connectivity index (χ4v) is 3.00. The molecule has 3 aromatic rings. The maximum Gasteiger partial charge on any atom is 0.213 e. The lowest BCUT2D eigenvalue weighted by Gasteiger charge is -2.03. The fraction of sp³-hybridized carbons (Fsp3) is 0.312. The third-order valence-corrected chi connectivity index (χ3v) is 4.13. The molecule has 0 unspecified atom stereocenters. The molecule has 0 saturated heterocycles. The Morgan fingerprint density at radius 1 is 1.35 bits per heavy atom. The second-order valence-electron chi connectivity index (χ2n) is 5.14. The number of nitrogens with zero attached hydrogens (tertiary/aromatic N) is 4. The van der Waals surface area contributed by atoms with Crippen molar-refractivity contribution in [3.8, 4) is 17.1 Å². The summed E-state index contributed by atoms with van der Waals surface area (Å²) in [4.78, 5) is 8.82. The zero-order valence-corrected chi connectivity index (χ0v) is 14.2. The molecule has 3 heterocycles. The van der Waals surface area contributed by atoms with Crippen molar-refractivity contribution < 1.29 is 4.74 Å². The molecule has 0 saturated carbocycles. The first kappa shape index (κ1) is 15.5. The standard InChI is InChI=1S/C16H19N5OS/c1-4-7-21-9-13(11(2)20-21)14-10-23-16(19-14)18-12-5-6-15(22-3)17-8-12/h5-6,8-10H,4,7H2,1-3H3,(H,18,19). The van der Waals surface area contributed by atoms with E-state index < -0.39 is 0 Å². The first-order valence-corrected chi connectivity index (χ1v) is 8.34. The van der Waals surface area contributed by atoms with Gasteiger partial charge in [0.25, 0.3) is 0 Å². The van der Waals surface area contributed by atoms with Crippen molar-refractivity contribution in [3.05, 3.63) is 35.6 Å². The Morgan fingerprint density at radius 3 is 2.91 bits per heavy atom. The Labute approximate surface area is 139 Å². The van der Waals surface area contributed by atoms with Gasteiger partial charge < -0.3 is 10.1 Å². The minimum absolute atomic E-state index is 0.592. The topological polar surface area (TPSA) is 64.9 Å². The number of aryl methyl sites for hydroxylation is 2. The largest absolute Gasteiger partial charge is 0.481 e. The average Bonchev–Trinajstić information content (AvgIpc) is 3.15. The summed E-state index contributed by atoms with van der Waals surface area (Å²) in [7, 11) is 1.60. The summed E-state index contributed by atoms with van der Waals surface area (Å²) in [6.07, 6.45) is 4.85. The molecule has 7 heteroatoms. The van der Waals surface area contributed by atoms with Gasteiger partial charge in [0.05, 0.1) is 30.4 Å². The lowest BCUT2D eigenvalue weighted by molar-refractivity contribution is 0.398. The number of ether oxygens (including phenoxy) is 1. The maximum absolute atomic E-state index is 5.06. The van der Waals surface area contributed by atoms with Crippen LogP contribution in [0.25, 0.3) is 11.3 Å². The number of rotatable bonds is 6. The second-order valence-corrected chi connectivity index (χ2v) is 6.00. The number of hydrogen-bond acceptors (Lipinski definition) is 6. The SMILES string of the molecule is CCCn1cc(-c2csc(Nc3ccc(OC)nc3)n2)c(C)n1.